The third-order valence-electron chi connectivity index (χ3n) is 4.14. The van der Waals surface area contributed by atoms with E-state index in [1.54, 1.807) is 6.21 Å². The number of ether oxygens (including phenoxy) is 1. The van der Waals surface area contributed by atoms with Crippen LogP contribution in [0.1, 0.15) is 18.9 Å². The monoisotopic (exact) mass is 451 g/mol. The van der Waals surface area contributed by atoms with Gasteiger partial charge in [-0.2, -0.15) is 5.10 Å². The van der Waals surface area contributed by atoms with Gasteiger partial charge in [-0.15, -0.1) is 0 Å². The molecule has 5 nitrogen and oxygen atoms in total. The molecule has 3 aromatic carbocycles. The average Bonchev–Trinajstić information content (AvgIpc) is 2.74. The predicted octanol–water partition coefficient (Wildman–Crippen LogP) is 5.58. The summed E-state index contributed by atoms with van der Waals surface area (Å²) in [7, 11) is 0. The molecule has 0 aliphatic carbocycles. The van der Waals surface area contributed by atoms with Gasteiger partial charge in [0.2, 0.25) is 0 Å². The first-order valence-corrected chi connectivity index (χ1v) is 10.1. The van der Waals surface area contributed by atoms with Gasteiger partial charge in [0.25, 0.3) is 5.91 Å². The van der Waals surface area contributed by atoms with Crippen LogP contribution in [-0.2, 0) is 4.79 Å². The summed E-state index contributed by atoms with van der Waals surface area (Å²) in [6, 6.07) is 24.4. The Kier molecular flexibility index (Phi) is 7.41. The quantitative estimate of drug-likeness (QED) is 0.346. The number of para-hydroxylation sites is 1. The topological polar surface area (TPSA) is 62.7 Å². The fourth-order valence-electron chi connectivity index (χ4n) is 2.63. The fraction of sp³-hybridized carbons (Fsp3) is 0.130. The molecule has 3 rings (SSSR count). The summed E-state index contributed by atoms with van der Waals surface area (Å²) in [6.45, 7) is 1.95. The van der Waals surface area contributed by atoms with E-state index >= 15 is 0 Å². The molecule has 148 valence electrons. The standard InChI is InChI=1S/C23H22BrN3O2/c1-2-22(26-19-13-11-18(24)12-14-19)23(28)27-25-16-17-7-6-10-21(15-17)29-20-8-4-3-5-9-20/h3-16,22,26H,2H2,1H3,(H,27,28)/b25-16-/t22-/m0/s1. The molecule has 0 aliphatic heterocycles. The van der Waals surface area contributed by atoms with Crippen LogP contribution in [0.3, 0.4) is 0 Å². The Hall–Kier alpha value is -3.12. The number of carbonyl (C=O) groups excluding carboxylic acids is 1. The van der Waals surface area contributed by atoms with E-state index in [1.165, 1.54) is 0 Å². The highest BCUT2D eigenvalue weighted by Gasteiger charge is 2.15. The molecular weight excluding hydrogens is 430 g/mol. The second kappa shape index (κ2) is 10.4. The molecule has 0 radical (unpaired) electrons. The SMILES string of the molecule is CC[C@H](Nc1ccc(Br)cc1)C(=O)N/N=C\c1cccc(Oc2ccccc2)c1. The van der Waals surface area contributed by atoms with E-state index in [9.17, 15) is 4.79 Å². The second-order valence-electron chi connectivity index (χ2n) is 6.33. The zero-order chi connectivity index (χ0) is 20.5. The molecule has 0 unspecified atom stereocenters. The summed E-state index contributed by atoms with van der Waals surface area (Å²) in [5.41, 5.74) is 4.31. The number of anilines is 1. The van der Waals surface area contributed by atoms with Gasteiger partial charge < -0.3 is 10.1 Å². The van der Waals surface area contributed by atoms with E-state index in [0.29, 0.717) is 12.2 Å². The van der Waals surface area contributed by atoms with Crippen LogP contribution >= 0.6 is 15.9 Å². The van der Waals surface area contributed by atoms with Gasteiger partial charge in [0.15, 0.2) is 0 Å². The van der Waals surface area contributed by atoms with E-state index in [1.807, 2.05) is 85.8 Å². The van der Waals surface area contributed by atoms with Gasteiger partial charge in [-0.25, -0.2) is 5.43 Å². The number of benzene rings is 3. The lowest BCUT2D eigenvalue weighted by molar-refractivity contribution is -0.121. The van der Waals surface area contributed by atoms with Crippen LogP contribution in [0, 0.1) is 0 Å². The molecule has 0 spiro atoms. The maximum Gasteiger partial charge on any atom is 0.262 e. The number of hydrogen-bond acceptors (Lipinski definition) is 4. The number of halogens is 1. The third kappa shape index (κ3) is 6.47. The van der Waals surface area contributed by atoms with Crippen molar-refractivity contribution in [2.45, 2.75) is 19.4 Å². The van der Waals surface area contributed by atoms with Gasteiger partial charge >= 0.3 is 0 Å². The van der Waals surface area contributed by atoms with Crippen LogP contribution in [0.25, 0.3) is 0 Å². The summed E-state index contributed by atoms with van der Waals surface area (Å²) < 4.78 is 6.80. The van der Waals surface area contributed by atoms with Gasteiger partial charge in [-0.05, 0) is 60.5 Å². The van der Waals surface area contributed by atoms with Crippen LogP contribution in [0.4, 0.5) is 5.69 Å². The molecule has 0 fully saturated rings. The fourth-order valence-corrected chi connectivity index (χ4v) is 2.90. The minimum atomic E-state index is -0.374. The normalized spacial score (nSPS) is 11.8. The lowest BCUT2D eigenvalue weighted by atomic mass is 10.2. The van der Waals surface area contributed by atoms with E-state index < -0.39 is 0 Å². The molecule has 29 heavy (non-hydrogen) atoms. The largest absolute Gasteiger partial charge is 0.457 e. The zero-order valence-corrected chi connectivity index (χ0v) is 17.6. The van der Waals surface area contributed by atoms with E-state index in [-0.39, 0.29) is 11.9 Å². The average molecular weight is 452 g/mol. The van der Waals surface area contributed by atoms with Gasteiger partial charge in [-0.3, -0.25) is 4.79 Å². The van der Waals surface area contributed by atoms with Crippen molar-refractivity contribution < 1.29 is 9.53 Å². The smallest absolute Gasteiger partial charge is 0.262 e. The number of nitrogens with zero attached hydrogens (tertiary/aromatic N) is 1. The van der Waals surface area contributed by atoms with Gasteiger partial charge in [-0.1, -0.05) is 53.2 Å². The third-order valence-corrected chi connectivity index (χ3v) is 4.66. The second-order valence-corrected chi connectivity index (χ2v) is 7.25. The lowest BCUT2D eigenvalue weighted by Crippen LogP contribution is -2.36. The first-order valence-electron chi connectivity index (χ1n) is 9.32. The van der Waals surface area contributed by atoms with Gasteiger partial charge in [0.05, 0.1) is 6.21 Å². The van der Waals surface area contributed by atoms with E-state index in [0.717, 1.165) is 21.5 Å². The van der Waals surface area contributed by atoms with Crippen LogP contribution < -0.4 is 15.5 Å². The Morgan fingerprint density at radius 1 is 1.03 bits per heavy atom. The Morgan fingerprint density at radius 3 is 2.48 bits per heavy atom. The van der Waals surface area contributed by atoms with Gasteiger partial charge in [0, 0.05) is 10.2 Å². The number of nitrogens with one attached hydrogen (secondary N) is 2. The molecule has 0 saturated carbocycles. The predicted molar refractivity (Wildman–Crippen MR) is 121 cm³/mol. The molecule has 3 aromatic rings. The Morgan fingerprint density at radius 2 is 1.76 bits per heavy atom. The minimum absolute atomic E-state index is 0.191. The summed E-state index contributed by atoms with van der Waals surface area (Å²) >= 11 is 3.40. The van der Waals surface area contributed by atoms with Crippen LogP contribution in [-0.4, -0.2) is 18.2 Å². The first kappa shape index (κ1) is 20.6. The van der Waals surface area contributed by atoms with Crippen LogP contribution in [0.15, 0.2) is 88.4 Å². The highest BCUT2D eigenvalue weighted by Crippen LogP contribution is 2.21. The van der Waals surface area contributed by atoms with Crippen molar-refractivity contribution >= 4 is 33.7 Å². The highest BCUT2D eigenvalue weighted by molar-refractivity contribution is 9.10. The summed E-state index contributed by atoms with van der Waals surface area (Å²) in [5, 5.41) is 7.30. The van der Waals surface area contributed by atoms with E-state index in [2.05, 4.69) is 31.8 Å². The number of carbonyl (C=O) groups is 1. The van der Waals surface area contributed by atoms with Crippen molar-refractivity contribution in [1.29, 1.82) is 0 Å². The van der Waals surface area contributed by atoms with Crippen LogP contribution in [0.5, 0.6) is 11.5 Å². The van der Waals surface area contributed by atoms with Crippen molar-refractivity contribution in [3.8, 4) is 11.5 Å². The molecule has 0 bridgehead atoms. The molecule has 1 amide bonds. The molecule has 0 heterocycles. The maximum atomic E-state index is 12.4. The Bertz CT molecular complexity index is 959. The first-order chi connectivity index (χ1) is 14.1. The molecule has 6 heteroatoms. The summed E-state index contributed by atoms with van der Waals surface area (Å²) in [6.07, 6.45) is 2.24. The lowest BCUT2D eigenvalue weighted by Gasteiger charge is -2.16. The number of rotatable bonds is 8. The van der Waals surface area contributed by atoms with Crippen molar-refractivity contribution in [3.05, 3.63) is 88.9 Å². The molecule has 0 saturated heterocycles. The molecule has 0 aliphatic rings. The molecule has 2 N–H and O–H groups in total. The Balaban J connectivity index is 1.57. The van der Waals surface area contributed by atoms with Crippen molar-refractivity contribution in [2.24, 2.45) is 5.10 Å². The van der Waals surface area contributed by atoms with Crippen molar-refractivity contribution in [3.63, 3.8) is 0 Å². The molecular formula is C23H22BrN3O2. The number of hydrazone groups is 1. The van der Waals surface area contributed by atoms with Crippen molar-refractivity contribution in [2.75, 3.05) is 5.32 Å². The van der Waals surface area contributed by atoms with Crippen molar-refractivity contribution in [1.82, 2.24) is 5.43 Å². The summed E-state index contributed by atoms with van der Waals surface area (Å²) in [4.78, 5) is 12.4. The minimum Gasteiger partial charge on any atom is -0.457 e. The number of amides is 1. The van der Waals surface area contributed by atoms with Crippen LogP contribution in [0.2, 0.25) is 0 Å². The maximum absolute atomic E-state index is 12.4. The summed E-state index contributed by atoms with van der Waals surface area (Å²) in [5.74, 6) is 1.28. The highest BCUT2D eigenvalue weighted by atomic mass is 79.9. The number of hydrogen-bond donors (Lipinski definition) is 2. The molecule has 0 aromatic heterocycles. The zero-order valence-electron chi connectivity index (χ0n) is 16.0. The van der Waals surface area contributed by atoms with Gasteiger partial charge in [0.1, 0.15) is 17.5 Å². The molecule has 1 atom stereocenters. The Labute approximate surface area is 178 Å². The van der Waals surface area contributed by atoms with E-state index in [4.69, 9.17) is 4.74 Å².